The third kappa shape index (κ3) is 2.39. The number of carbonyl (C=O) groups excluding carboxylic acids is 1. The maximum absolute atomic E-state index is 14.2. The van der Waals surface area contributed by atoms with E-state index >= 15 is 0 Å². The van der Waals surface area contributed by atoms with E-state index in [1.807, 2.05) is 13.8 Å². The largest absolute Gasteiger partial charge is 0.508 e. The van der Waals surface area contributed by atoms with Crippen molar-refractivity contribution in [2.45, 2.75) is 19.3 Å². The summed E-state index contributed by atoms with van der Waals surface area (Å²) in [4.78, 5) is 13.3. The smallest absolute Gasteiger partial charge is 0.244 e. The zero-order valence-electron chi connectivity index (χ0n) is 14.9. The van der Waals surface area contributed by atoms with Crippen LogP contribution in [0.1, 0.15) is 27.8 Å². The van der Waals surface area contributed by atoms with Gasteiger partial charge in [-0.1, -0.05) is 35.4 Å². The number of phenols is 2. The van der Waals surface area contributed by atoms with Gasteiger partial charge in [0.25, 0.3) is 0 Å². The molecule has 0 aliphatic carbocycles. The van der Waals surface area contributed by atoms with Crippen LogP contribution in [0.3, 0.4) is 0 Å². The number of hydrogen-bond acceptors (Lipinski definition) is 3. The number of nitrogens with one attached hydrogen (secondary N) is 1. The lowest BCUT2D eigenvalue weighted by atomic mass is 9.69. The predicted octanol–water partition coefficient (Wildman–Crippen LogP) is 4.14. The first-order valence-electron chi connectivity index (χ1n) is 8.55. The van der Waals surface area contributed by atoms with Crippen molar-refractivity contribution in [3.63, 3.8) is 0 Å². The van der Waals surface area contributed by atoms with Crippen molar-refractivity contribution in [1.29, 1.82) is 0 Å². The molecule has 27 heavy (non-hydrogen) atoms. The molecule has 0 unspecified atom stereocenters. The zero-order valence-corrected chi connectivity index (χ0v) is 14.9. The molecular formula is C22H18FNO3. The number of carbonyl (C=O) groups is 1. The highest BCUT2D eigenvalue weighted by Crippen LogP contribution is 2.52. The molecule has 0 spiro atoms. The molecule has 3 aromatic rings. The van der Waals surface area contributed by atoms with Gasteiger partial charge in [0.05, 0.1) is 0 Å². The van der Waals surface area contributed by atoms with E-state index in [2.05, 4.69) is 5.32 Å². The van der Waals surface area contributed by atoms with Gasteiger partial charge in [0, 0.05) is 22.4 Å². The standard InChI is InChI=1S/C22H18FNO3/c1-12-3-7-19(25)16(9-12)22(17-10-13(2)4-8-20(17)26)15-11-14(23)5-6-18(15)24-21(22)27/h3-11,25-26H,1-2H3,(H,24,27). The number of amides is 1. The zero-order chi connectivity index (χ0) is 19.3. The van der Waals surface area contributed by atoms with Crippen LogP contribution >= 0.6 is 0 Å². The van der Waals surface area contributed by atoms with Crippen LogP contribution in [0.2, 0.25) is 0 Å². The van der Waals surface area contributed by atoms with Crippen LogP contribution in [-0.4, -0.2) is 16.1 Å². The topological polar surface area (TPSA) is 69.6 Å². The molecule has 4 rings (SSSR count). The molecule has 1 aliphatic rings. The van der Waals surface area contributed by atoms with E-state index in [1.54, 1.807) is 24.3 Å². The summed E-state index contributed by atoms with van der Waals surface area (Å²) < 4.78 is 14.2. The summed E-state index contributed by atoms with van der Waals surface area (Å²) >= 11 is 0. The van der Waals surface area contributed by atoms with Gasteiger partial charge >= 0.3 is 0 Å². The molecule has 4 nitrogen and oxygen atoms in total. The molecular weight excluding hydrogens is 345 g/mol. The van der Waals surface area contributed by atoms with Gasteiger partial charge in [-0.2, -0.15) is 0 Å². The second-order valence-electron chi connectivity index (χ2n) is 6.94. The van der Waals surface area contributed by atoms with Crippen LogP contribution in [-0.2, 0) is 10.2 Å². The molecule has 0 bridgehead atoms. The Morgan fingerprint density at radius 1 is 0.815 bits per heavy atom. The van der Waals surface area contributed by atoms with Crippen LogP contribution in [0.4, 0.5) is 10.1 Å². The molecule has 136 valence electrons. The second-order valence-corrected chi connectivity index (χ2v) is 6.94. The van der Waals surface area contributed by atoms with E-state index in [9.17, 15) is 19.4 Å². The monoisotopic (exact) mass is 363 g/mol. The molecule has 0 fully saturated rings. The van der Waals surface area contributed by atoms with Gasteiger partial charge in [-0.05, 0) is 44.2 Å². The summed E-state index contributed by atoms with van der Waals surface area (Å²) in [6, 6.07) is 13.9. The summed E-state index contributed by atoms with van der Waals surface area (Å²) in [7, 11) is 0. The Balaban J connectivity index is 2.19. The Bertz CT molecular complexity index is 1040. The molecule has 0 saturated carbocycles. The minimum atomic E-state index is -1.57. The van der Waals surface area contributed by atoms with Crippen molar-refractivity contribution in [3.8, 4) is 11.5 Å². The van der Waals surface area contributed by atoms with Crippen molar-refractivity contribution in [1.82, 2.24) is 0 Å². The lowest BCUT2D eigenvalue weighted by molar-refractivity contribution is -0.118. The highest BCUT2D eigenvalue weighted by atomic mass is 19.1. The Morgan fingerprint density at radius 3 is 1.93 bits per heavy atom. The Kier molecular flexibility index (Phi) is 3.70. The van der Waals surface area contributed by atoms with Gasteiger partial charge in [-0.3, -0.25) is 4.79 Å². The molecule has 0 saturated heterocycles. The molecule has 3 N–H and O–H groups in total. The molecule has 0 radical (unpaired) electrons. The van der Waals surface area contributed by atoms with Gasteiger partial charge in [-0.25, -0.2) is 4.39 Å². The fraction of sp³-hybridized carbons (Fsp3) is 0.136. The van der Waals surface area contributed by atoms with Gasteiger partial charge in [0.1, 0.15) is 22.7 Å². The van der Waals surface area contributed by atoms with Crippen molar-refractivity contribution in [2.24, 2.45) is 0 Å². The Labute approximate surface area is 155 Å². The van der Waals surface area contributed by atoms with Gasteiger partial charge in [0.15, 0.2) is 0 Å². The summed E-state index contributed by atoms with van der Waals surface area (Å²) in [6.45, 7) is 3.68. The van der Waals surface area contributed by atoms with Crippen molar-refractivity contribution < 1.29 is 19.4 Å². The summed E-state index contributed by atoms with van der Waals surface area (Å²) in [5.41, 5.74) is 1.48. The predicted molar refractivity (Wildman–Crippen MR) is 101 cm³/mol. The van der Waals surface area contributed by atoms with Gasteiger partial charge in [-0.15, -0.1) is 0 Å². The minimum absolute atomic E-state index is 0.103. The fourth-order valence-electron chi connectivity index (χ4n) is 3.85. The average Bonchev–Trinajstić information content (AvgIpc) is 2.91. The highest BCUT2D eigenvalue weighted by Gasteiger charge is 2.52. The van der Waals surface area contributed by atoms with E-state index in [0.717, 1.165) is 11.1 Å². The van der Waals surface area contributed by atoms with Crippen molar-refractivity contribution in [3.05, 3.63) is 88.2 Å². The van der Waals surface area contributed by atoms with Crippen molar-refractivity contribution in [2.75, 3.05) is 5.32 Å². The number of aromatic hydroxyl groups is 2. The first-order chi connectivity index (χ1) is 12.8. The lowest BCUT2D eigenvalue weighted by Crippen LogP contribution is -2.37. The Hall–Kier alpha value is -3.34. The van der Waals surface area contributed by atoms with E-state index in [1.165, 1.54) is 30.3 Å². The molecule has 3 aromatic carbocycles. The molecule has 1 amide bonds. The summed E-state index contributed by atoms with van der Waals surface area (Å²) in [6.07, 6.45) is 0. The third-order valence-corrected chi connectivity index (χ3v) is 5.09. The quantitative estimate of drug-likeness (QED) is 0.641. The minimum Gasteiger partial charge on any atom is -0.508 e. The first-order valence-corrected chi connectivity index (χ1v) is 8.55. The number of halogens is 1. The number of aryl methyl sites for hydroxylation is 2. The number of phenolic OH excluding ortho intramolecular Hbond substituents is 2. The van der Waals surface area contributed by atoms with E-state index < -0.39 is 17.1 Å². The second kappa shape index (κ2) is 5.84. The van der Waals surface area contributed by atoms with Crippen LogP contribution in [0.15, 0.2) is 54.6 Å². The maximum atomic E-state index is 14.2. The number of anilines is 1. The highest BCUT2D eigenvalue weighted by molar-refractivity contribution is 6.12. The molecule has 0 aromatic heterocycles. The van der Waals surface area contributed by atoms with E-state index in [0.29, 0.717) is 22.4 Å². The summed E-state index contributed by atoms with van der Waals surface area (Å²) in [5, 5.41) is 24.1. The van der Waals surface area contributed by atoms with Crippen LogP contribution in [0.25, 0.3) is 0 Å². The van der Waals surface area contributed by atoms with Gasteiger partial charge in [0.2, 0.25) is 5.91 Å². The third-order valence-electron chi connectivity index (χ3n) is 5.09. The van der Waals surface area contributed by atoms with Crippen molar-refractivity contribution >= 4 is 11.6 Å². The Morgan fingerprint density at radius 2 is 1.37 bits per heavy atom. The molecule has 5 heteroatoms. The first kappa shape index (κ1) is 17.1. The number of rotatable bonds is 2. The molecule has 1 heterocycles. The van der Waals surface area contributed by atoms with Crippen LogP contribution < -0.4 is 5.32 Å². The van der Waals surface area contributed by atoms with Crippen LogP contribution in [0, 0.1) is 19.7 Å². The number of hydrogen-bond donors (Lipinski definition) is 3. The maximum Gasteiger partial charge on any atom is 0.244 e. The average molecular weight is 363 g/mol. The van der Waals surface area contributed by atoms with E-state index in [4.69, 9.17) is 0 Å². The fourth-order valence-corrected chi connectivity index (χ4v) is 3.85. The van der Waals surface area contributed by atoms with Gasteiger partial charge < -0.3 is 15.5 Å². The normalized spacial score (nSPS) is 14.7. The molecule has 1 aliphatic heterocycles. The molecule has 0 atom stereocenters. The SMILES string of the molecule is Cc1ccc(O)c(C2(c3cc(C)ccc3O)C(=O)Nc3ccc(F)cc32)c1. The van der Waals surface area contributed by atoms with Crippen LogP contribution in [0.5, 0.6) is 11.5 Å². The lowest BCUT2D eigenvalue weighted by Gasteiger charge is -2.30. The number of benzene rings is 3. The van der Waals surface area contributed by atoms with E-state index in [-0.39, 0.29) is 11.5 Å². The number of fused-ring (bicyclic) bond motifs is 1. The summed E-state index contributed by atoms with van der Waals surface area (Å²) in [5.74, 6) is -1.17.